The Hall–Kier alpha value is -2.86. The third-order valence-electron chi connectivity index (χ3n) is 3.16. The van der Waals surface area contributed by atoms with Gasteiger partial charge in [-0.25, -0.2) is 5.43 Å². The lowest BCUT2D eigenvalue weighted by Crippen LogP contribution is -2.32. The Morgan fingerprint density at radius 3 is 2.67 bits per heavy atom. The molecule has 0 atom stereocenters. The molecule has 0 aromatic heterocycles. The summed E-state index contributed by atoms with van der Waals surface area (Å²) in [5.41, 5.74) is 4.10. The lowest BCUT2D eigenvalue weighted by Gasteiger charge is -2.07. The number of amides is 2. The quantitative estimate of drug-likeness (QED) is 0.508. The summed E-state index contributed by atoms with van der Waals surface area (Å²) in [4.78, 5) is 23.7. The van der Waals surface area contributed by atoms with Gasteiger partial charge < -0.3 is 10.1 Å². The highest BCUT2D eigenvalue weighted by atomic mass is 35.5. The number of ether oxygens (including phenoxy) is 1. The average molecular weight is 346 g/mol. The van der Waals surface area contributed by atoms with Crippen molar-refractivity contribution in [3.05, 3.63) is 58.6 Å². The van der Waals surface area contributed by atoms with Gasteiger partial charge in [-0.3, -0.25) is 9.59 Å². The highest BCUT2D eigenvalue weighted by Crippen LogP contribution is 2.20. The number of benzene rings is 2. The molecule has 6 nitrogen and oxygen atoms in total. The predicted octanol–water partition coefficient (Wildman–Crippen LogP) is 2.75. The molecule has 0 saturated carbocycles. The SMILES string of the molecule is COc1ccccc1/C=N/NC(=O)C(=O)Nc1cc(Cl)ccc1C. The highest BCUT2D eigenvalue weighted by Gasteiger charge is 2.14. The highest BCUT2D eigenvalue weighted by molar-refractivity contribution is 6.40. The van der Waals surface area contributed by atoms with E-state index >= 15 is 0 Å². The Labute approximate surface area is 144 Å². The summed E-state index contributed by atoms with van der Waals surface area (Å²) in [5, 5.41) is 6.71. The number of carbonyl (C=O) groups is 2. The van der Waals surface area contributed by atoms with Crippen molar-refractivity contribution in [1.29, 1.82) is 0 Å². The molecule has 0 aliphatic rings. The normalized spacial score (nSPS) is 10.5. The monoisotopic (exact) mass is 345 g/mol. The molecule has 0 fully saturated rings. The van der Waals surface area contributed by atoms with Crippen LogP contribution in [0.3, 0.4) is 0 Å². The van der Waals surface area contributed by atoms with Crippen LogP contribution in [0.25, 0.3) is 0 Å². The van der Waals surface area contributed by atoms with Crippen LogP contribution in [0.1, 0.15) is 11.1 Å². The standard InChI is InChI=1S/C17H16ClN3O3/c1-11-7-8-13(18)9-14(11)20-16(22)17(23)21-19-10-12-5-3-4-6-15(12)24-2/h3-10H,1-2H3,(H,20,22)(H,21,23)/b19-10+. The molecule has 2 amide bonds. The third-order valence-corrected chi connectivity index (χ3v) is 3.40. The van der Waals surface area contributed by atoms with Gasteiger partial charge in [-0.2, -0.15) is 5.10 Å². The average Bonchev–Trinajstić information content (AvgIpc) is 2.58. The molecule has 0 spiro atoms. The van der Waals surface area contributed by atoms with E-state index in [1.807, 2.05) is 6.07 Å². The second-order valence-electron chi connectivity index (χ2n) is 4.85. The largest absolute Gasteiger partial charge is 0.496 e. The number of rotatable bonds is 4. The lowest BCUT2D eigenvalue weighted by molar-refractivity contribution is -0.136. The van der Waals surface area contributed by atoms with Crippen molar-refractivity contribution in [2.24, 2.45) is 5.10 Å². The molecule has 0 heterocycles. The first-order valence-corrected chi connectivity index (χ1v) is 7.42. The molecule has 0 aliphatic carbocycles. The number of halogens is 1. The number of carbonyl (C=O) groups excluding carboxylic acids is 2. The number of hydrogen-bond donors (Lipinski definition) is 2. The van der Waals surface area contributed by atoms with E-state index in [0.29, 0.717) is 22.0 Å². The van der Waals surface area contributed by atoms with Crippen molar-refractivity contribution in [3.63, 3.8) is 0 Å². The summed E-state index contributed by atoms with van der Waals surface area (Å²) in [7, 11) is 1.53. The molecular formula is C17H16ClN3O3. The van der Waals surface area contributed by atoms with Crippen LogP contribution >= 0.6 is 11.6 Å². The number of aryl methyl sites for hydroxylation is 1. The fourth-order valence-electron chi connectivity index (χ4n) is 1.89. The van der Waals surface area contributed by atoms with Crippen LogP contribution in [0.5, 0.6) is 5.75 Å². The summed E-state index contributed by atoms with van der Waals surface area (Å²) >= 11 is 5.87. The van der Waals surface area contributed by atoms with Crippen molar-refractivity contribution in [1.82, 2.24) is 5.43 Å². The summed E-state index contributed by atoms with van der Waals surface area (Å²) in [6, 6.07) is 12.2. The van der Waals surface area contributed by atoms with Gasteiger partial charge in [-0.15, -0.1) is 0 Å². The van der Waals surface area contributed by atoms with Crippen LogP contribution in [-0.4, -0.2) is 25.1 Å². The molecule has 2 N–H and O–H groups in total. The van der Waals surface area contributed by atoms with Crippen LogP contribution in [0.15, 0.2) is 47.6 Å². The van der Waals surface area contributed by atoms with E-state index < -0.39 is 11.8 Å². The number of nitrogens with one attached hydrogen (secondary N) is 2. The minimum Gasteiger partial charge on any atom is -0.496 e. The fourth-order valence-corrected chi connectivity index (χ4v) is 2.06. The van der Waals surface area contributed by atoms with Crippen molar-refractivity contribution < 1.29 is 14.3 Å². The molecule has 124 valence electrons. The Morgan fingerprint density at radius 1 is 1.17 bits per heavy atom. The van der Waals surface area contributed by atoms with Crippen LogP contribution < -0.4 is 15.5 Å². The zero-order valence-electron chi connectivity index (χ0n) is 13.2. The van der Waals surface area contributed by atoms with Gasteiger partial charge in [0.1, 0.15) is 5.75 Å². The second kappa shape index (κ2) is 8.12. The topological polar surface area (TPSA) is 79.8 Å². The number of methoxy groups -OCH3 is 1. The minimum absolute atomic E-state index is 0.463. The molecule has 0 saturated heterocycles. The lowest BCUT2D eigenvalue weighted by atomic mass is 10.2. The van der Waals surface area contributed by atoms with E-state index in [-0.39, 0.29) is 0 Å². The van der Waals surface area contributed by atoms with Gasteiger partial charge in [0, 0.05) is 16.3 Å². The summed E-state index contributed by atoms with van der Waals surface area (Å²) < 4.78 is 5.16. The van der Waals surface area contributed by atoms with Gasteiger partial charge >= 0.3 is 11.8 Å². The maximum atomic E-state index is 11.9. The van der Waals surface area contributed by atoms with E-state index in [4.69, 9.17) is 16.3 Å². The van der Waals surface area contributed by atoms with Crippen molar-refractivity contribution in [3.8, 4) is 5.75 Å². The molecule has 24 heavy (non-hydrogen) atoms. The molecule has 0 unspecified atom stereocenters. The zero-order chi connectivity index (χ0) is 17.5. The maximum Gasteiger partial charge on any atom is 0.329 e. The first-order chi connectivity index (χ1) is 11.5. The molecule has 2 aromatic carbocycles. The van der Waals surface area contributed by atoms with Crippen LogP contribution in [0.2, 0.25) is 5.02 Å². The fraction of sp³-hybridized carbons (Fsp3) is 0.118. The van der Waals surface area contributed by atoms with Crippen molar-refractivity contribution >= 4 is 35.3 Å². The maximum absolute atomic E-state index is 11.9. The van der Waals surface area contributed by atoms with E-state index in [1.165, 1.54) is 13.3 Å². The number of hydrogen-bond acceptors (Lipinski definition) is 4. The number of hydrazone groups is 1. The molecule has 7 heteroatoms. The smallest absolute Gasteiger partial charge is 0.329 e. The van der Waals surface area contributed by atoms with Gasteiger partial charge in [0.2, 0.25) is 0 Å². The molecule has 2 aromatic rings. The van der Waals surface area contributed by atoms with Gasteiger partial charge in [0.05, 0.1) is 13.3 Å². The molecule has 0 radical (unpaired) electrons. The Bertz CT molecular complexity index is 790. The number of anilines is 1. The van der Waals surface area contributed by atoms with Crippen molar-refractivity contribution in [2.75, 3.05) is 12.4 Å². The van der Waals surface area contributed by atoms with Gasteiger partial charge in [-0.1, -0.05) is 29.8 Å². The first-order valence-electron chi connectivity index (χ1n) is 7.05. The first kappa shape index (κ1) is 17.5. The van der Waals surface area contributed by atoms with Gasteiger partial charge in [0.25, 0.3) is 0 Å². The molecule has 0 bridgehead atoms. The van der Waals surface area contributed by atoms with Gasteiger partial charge in [0.15, 0.2) is 0 Å². The van der Waals surface area contributed by atoms with E-state index in [1.54, 1.807) is 43.3 Å². The predicted molar refractivity (Wildman–Crippen MR) is 93.5 cm³/mol. The van der Waals surface area contributed by atoms with Crippen LogP contribution in [0, 0.1) is 6.92 Å². The van der Waals surface area contributed by atoms with Crippen molar-refractivity contribution in [2.45, 2.75) is 6.92 Å². The Balaban J connectivity index is 1.98. The van der Waals surface area contributed by atoms with E-state index in [9.17, 15) is 9.59 Å². The Morgan fingerprint density at radius 2 is 1.92 bits per heavy atom. The summed E-state index contributed by atoms with van der Waals surface area (Å²) in [5.74, 6) is -1.12. The van der Waals surface area contributed by atoms with Crippen LogP contribution in [-0.2, 0) is 9.59 Å². The number of nitrogens with zero attached hydrogens (tertiary/aromatic N) is 1. The number of para-hydroxylation sites is 1. The molecule has 2 rings (SSSR count). The van der Waals surface area contributed by atoms with E-state index in [2.05, 4.69) is 15.8 Å². The van der Waals surface area contributed by atoms with E-state index in [0.717, 1.165) is 5.56 Å². The summed E-state index contributed by atoms with van der Waals surface area (Å²) in [6.07, 6.45) is 1.40. The third kappa shape index (κ3) is 4.57. The molecular weight excluding hydrogens is 330 g/mol. The van der Waals surface area contributed by atoms with Gasteiger partial charge in [-0.05, 0) is 36.8 Å². The Kier molecular flexibility index (Phi) is 5.92. The molecule has 0 aliphatic heterocycles. The zero-order valence-corrected chi connectivity index (χ0v) is 13.9. The minimum atomic E-state index is -0.888. The van der Waals surface area contributed by atoms with Crippen LogP contribution in [0.4, 0.5) is 5.69 Å². The second-order valence-corrected chi connectivity index (χ2v) is 5.29. The summed E-state index contributed by atoms with van der Waals surface area (Å²) in [6.45, 7) is 1.80.